The zero-order chi connectivity index (χ0) is 12.6. The number of carbonyl (C=O) groups excluding carboxylic acids is 1. The molecule has 0 aromatic heterocycles. The van der Waals surface area contributed by atoms with Gasteiger partial charge in [0, 0.05) is 12.1 Å². The molecular weight excluding hydrogens is 221 g/mol. The monoisotopic (exact) mass is 237 g/mol. The molecule has 1 aliphatic heterocycles. The lowest BCUT2D eigenvalue weighted by atomic mass is 10.1. The zero-order valence-electron chi connectivity index (χ0n) is 10.2. The van der Waals surface area contributed by atoms with Crippen molar-refractivity contribution in [1.82, 2.24) is 0 Å². The molecule has 3 nitrogen and oxygen atoms in total. The van der Waals surface area contributed by atoms with Crippen LogP contribution in [0.15, 0.2) is 18.2 Å². The molecule has 0 aliphatic carbocycles. The van der Waals surface area contributed by atoms with Crippen LogP contribution in [-0.2, 0) is 16.0 Å². The van der Waals surface area contributed by atoms with E-state index in [9.17, 15) is 9.18 Å². The van der Waals surface area contributed by atoms with Crippen LogP contribution in [0.25, 0.3) is 0 Å². The second kappa shape index (κ2) is 4.02. The fraction of sp³-hybridized carbons (Fsp3) is 0.462. The predicted octanol–water partition coefficient (Wildman–Crippen LogP) is 2.50. The Morgan fingerprint density at radius 2 is 2.18 bits per heavy atom. The fourth-order valence-corrected chi connectivity index (χ4v) is 1.83. The highest BCUT2D eigenvalue weighted by Gasteiger charge is 2.30. The van der Waals surface area contributed by atoms with E-state index in [1.54, 1.807) is 6.07 Å². The summed E-state index contributed by atoms with van der Waals surface area (Å²) in [5.41, 5.74) is 1.13. The highest BCUT2D eigenvalue weighted by molar-refractivity contribution is 5.83. The van der Waals surface area contributed by atoms with E-state index in [4.69, 9.17) is 4.74 Å². The molecule has 0 spiro atoms. The molecule has 2 rings (SSSR count). The number of anilines is 1. The van der Waals surface area contributed by atoms with Gasteiger partial charge in [-0.3, -0.25) is 0 Å². The van der Waals surface area contributed by atoms with Gasteiger partial charge in [0.25, 0.3) is 0 Å². The van der Waals surface area contributed by atoms with E-state index in [0.717, 1.165) is 5.56 Å². The quantitative estimate of drug-likeness (QED) is 0.763. The van der Waals surface area contributed by atoms with Crippen LogP contribution in [0.5, 0.6) is 0 Å². The number of hydrogen-bond acceptors (Lipinski definition) is 3. The highest BCUT2D eigenvalue weighted by Crippen LogP contribution is 2.27. The van der Waals surface area contributed by atoms with Gasteiger partial charge in [0.15, 0.2) is 0 Å². The van der Waals surface area contributed by atoms with E-state index in [1.165, 1.54) is 12.1 Å². The van der Waals surface area contributed by atoms with Gasteiger partial charge in [-0.2, -0.15) is 0 Å². The van der Waals surface area contributed by atoms with Crippen LogP contribution in [0.2, 0.25) is 0 Å². The second-order valence-corrected chi connectivity index (χ2v) is 5.24. The molecule has 17 heavy (non-hydrogen) atoms. The van der Waals surface area contributed by atoms with E-state index in [2.05, 4.69) is 5.32 Å². The average Bonchev–Trinajstić information content (AvgIpc) is 2.57. The van der Waals surface area contributed by atoms with Gasteiger partial charge in [0.05, 0.1) is 0 Å². The predicted molar refractivity (Wildman–Crippen MR) is 63.4 cm³/mol. The summed E-state index contributed by atoms with van der Waals surface area (Å²) in [6, 6.07) is 4.09. The summed E-state index contributed by atoms with van der Waals surface area (Å²) < 4.78 is 18.3. The van der Waals surface area contributed by atoms with Gasteiger partial charge >= 0.3 is 5.97 Å². The van der Waals surface area contributed by atoms with Crippen molar-refractivity contribution < 1.29 is 13.9 Å². The minimum atomic E-state index is -0.501. The minimum absolute atomic E-state index is 0.297. The molecule has 1 N–H and O–H groups in total. The van der Waals surface area contributed by atoms with E-state index >= 15 is 0 Å². The van der Waals surface area contributed by atoms with Crippen molar-refractivity contribution in [2.24, 2.45) is 0 Å². The number of ether oxygens (including phenoxy) is 1. The van der Waals surface area contributed by atoms with Crippen LogP contribution in [0.3, 0.4) is 0 Å². The van der Waals surface area contributed by atoms with Gasteiger partial charge < -0.3 is 10.1 Å². The van der Waals surface area contributed by atoms with Crippen LogP contribution in [0.4, 0.5) is 10.1 Å². The maximum atomic E-state index is 13.0. The molecule has 0 radical (unpaired) electrons. The maximum absolute atomic E-state index is 13.0. The van der Waals surface area contributed by atoms with Crippen molar-refractivity contribution in [1.29, 1.82) is 0 Å². The van der Waals surface area contributed by atoms with Crippen molar-refractivity contribution in [2.45, 2.75) is 38.8 Å². The minimum Gasteiger partial charge on any atom is -0.458 e. The largest absolute Gasteiger partial charge is 0.458 e. The lowest BCUT2D eigenvalue weighted by molar-refractivity contribution is -0.155. The van der Waals surface area contributed by atoms with Gasteiger partial charge in [-0.1, -0.05) is 6.07 Å². The smallest absolute Gasteiger partial charge is 0.329 e. The Bertz CT molecular complexity index is 451. The summed E-state index contributed by atoms with van der Waals surface area (Å²) in [4.78, 5) is 11.8. The van der Waals surface area contributed by atoms with E-state index in [0.29, 0.717) is 12.1 Å². The van der Waals surface area contributed by atoms with Crippen molar-refractivity contribution in [2.75, 3.05) is 5.32 Å². The third-order valence-electron chi connectivity index (χ3n) is 2.52. The molecule has 0 bridgehead atoms. The first-order chi connectivity index (χ1) is 7.85. The third kappa shape index (κ3) is 2.75. The Morgan fingerprint density at radius 3 is 2.82 bits per heavy atom. The Labute approximate surface area is 100.0 Å². The molecule has 92 valence electrons. The topological polar surface area (TPSA) is 38.3 Å². The number of hydrogen-bond donors (Lipinski definition) is 1. The molecule has 1 aromatic carbocycles. The Hall–Kier alpha value is -1.58. The third-order valence-corrected chi connectivity index (χ3v) is 2.52. The lowest BCUT2D eigenvalue weighted by Gasteiger charge is -2.22. The van der Waals surface area contributed by atoms with Crippen LogP contribution in [0.1, 0.15) is 26.3 Å². The first-order valence-corrected chi connectivity index (χ1v) is 5.63. The normalized spacial score (nSPS) is 18.5. The number of halogens is 1. The number of fused-ring (bicyclic) bond motifs is 1. The lowest BCUT2D eigenvalue weighted by Crippen LogP contribution is -2.35. The van der Waals surface area contributed by atoms with E-state index < -0.39 is 11.6 Å². The highest BCUT2D eigenvalue weighted by atomic mass is 19.1. The number of benzene rings is 1. The molecule has 1 atom stereocenters. The summed E-state index contributed by atoms with van der Waals surface area (Å²) >= 11 is 0. The molecule has 0 fully saturated rings. The maximum Gasteiger partial charge on any atom is 0.329 e. The molecule has 4 heteroatoms. The molecule has 1 aliphatic rings. The van der Waals surface area contributed by atoms with Crippen molar-refractivity contribution in [3.63, 3.8) is 0 Å². The average molecular weight is 237 g/mol. The number of carbonyl (C=O) groups is 1. The van der Waals surface area contributed by atoms with E-state index in [-0.39, 0.29) is 11.8 Å². The fourth-order valence-electron chi connectivity index (χ4n) is 1.83. The van der Waals surface area contributed by atoms with Gasteiger partial charge in [-0.05, 0) is 38.5 Å². The summed E-state index contributed by atoms with van der Waals surface area (Å²) in [5, 5.41) is 2.98. The molecule has 0 saturated heterocycles. The Kier molecular flexibility index (Phi) is 2.81. The molecule has 1 aromatic rings. The summed E-state index contributed by atoms with van der Waals surface area (Å²) in [6.07, 6.45) is 0.546. The van der Waals surface area contributed by atoms with Crippen LogP contribution in [-0.4, -0.2) is 17.6 Å². The summed E-state index contributed by atoms with van der Waals surface area (Å²) in [5.74, 6) is -0.602. The Balaban J connectivity index is 2.07. The molecular formula is C13H16FNO2. The molecule has 0 saturated carbocycles. The van der Waals surface area contributed by atoms with Crippen LogP contribution < -0.4 is 5.32 Å². The standard InChI is InChI=1S/C13H16FNO2/c1-13(2,3)17-12(16)11-6-8-4-5-9(14)7-10(8)15-11/h4-5,7,11,15H,6H2,1-3H3/t11-/m0/s1. The molecule has 0 amide bonds. The van der Waals surface area contributed by atoms with Gasteiger partial charge in [0.1, 0.15) is 17.5 Å². The summed E-state index contributed by atoms with van der Waals surface area (Å²) in [7, 11) is 0. The number of rotatable bonds is 1. The first-order valence-electron chi connectivity index (χ1n) is 5.63. The summed E-state index contributed by atoms with van der Waals surface area (Å²) in [6.45, 7) is 5.48. The van der Waals surface area contributed by atoms with Crippen LogP contribution in [0, 0.1) is 5.82 Å². The van der Waals surface area contributed by atoms with E-state index in [1.807, 2.05) is 20.8 Å². The van der Waals surface area contributed by atoms with Gasteiger partial charge in [-0.25, -0.2) is 9.18 Å². The SMILES string of the molecule is CC(C)(C)OC(=O)[C@@H]1Cc2ccc(F)cc2N1. The van der Waals surface area contributed by atoms with Crippen molar-refractivity contribution >= 4 is 11.7 Å². The van der Waals surface area contributed by atoms with Crippen molar-refractivity contribution in [3.8, 4) is 0 Å². The van der Waals surface area contributed by atoms with Crippen molar-refractivity contribution in [3.05, 3.63) is 29.6 Å². The van der Waals surface area contributed by atoms with Gasteiger partial charge in [0.2, 0.25) is 0 Å². The molecule has 1 heterocycles. The van der Waals surface area contributed by atoms with Crippen LogP contribution >= 0.6 is 0 Å². The number of nitrogens with one attached hydrogen (secondary N) is 1. The van der Waals surface area contributed by atoms with Gasteiger partial charge in [-0.15, -0.1) is 0 Å². The second-order valence-electron chi connectivity index (χ2n) is 5.24. The molecule has 0 unspecified atom stereocenters. The first kappa shape index (κ1) is 11.9. The number of esters is 1. The Morgan fingerprint density at radius 1 is 1.47 bits per heavy atom. The zero-order valence-corrected chi connectivity index (χ0v) is 10.2.